The lowest BCUT2D eigenvalue weighted by Crippen LogP contribution is -2.32. The fourth-order valence-corrected chi connectivity index (χ4v) is 1.30. The molecule has 0 saturated carbocycles. The van der Waals surface area contributed by atoms with Crippen LogP contribution in [0.25, 0.3) is 0 Å². The van der Waals surface area contributed by atoms with Gasteiger partial charge in [0.2, 0.25) is 0 Å². The Bertz CT molecular complexity index is 525. The number of halogens is 2. The van der Waals surface area contributed by atoms with Crippen molar-refractivity contribution in [3.63, 3.8) is 0 Å². The van der Waals surface area contributed by atoms with E-state index in [1.165, 1.54) is 12.1 Å². The summed E-state index contributed by atoms with van der Waals surface area (Å²) in [5, 5.41) is 2.49. The summed E-state index contributed by atoms with van der Waals surface area (Å²) in [6.45, 7) is 2.58. The van der Waals surface area contributed by atoms with Gasteiger partial charge in [-0.15, -0.1) is 0 Å². The molecule has 114 valence electrons. The molecule has 0 heterocycles. The van der Waals surface area contributed by atoms with E-state index < -0.39 is 18.3 Å². The van der Waals surface area contributed by atoms with Crippen molar-refractivity contribution in [1.82, 2.24) is 5.32 Å². The van der Waals surface area contributed by atoms with E-state index >= 15 is 0 Å². The van der Waals surface area contributed by atoms with Gasteiger partial charge in [-0.2, -0.15) is 8.78 Å². The quantitative estimate of drug-likeness (QED) is 0.872. The van der Waals surface area contributed by atoms with Crippen LogP contribution in [-0.2, 0) is 4.74 Å². The maximum atomic E-state index is 12.0. The van der Waals surface area contributed by atoms with Gasteiger partial charge < -0.3 is 14.8 Å². The third-order valence-corrected chi connectivity index (χ3v) is 2.03. The Balaban J connectivity index is 2.43. The average molecular weight is 297 g/mol. The summed E-state index contributed by atoms with van der Waals surface area (Å²) in [5.41, 5.74) is 0.0699. The van der Waals surface area contributed by atoms with Crippen molar-refractivity contribution in [3.8, 4) is 17.6 Å². The Hall–Kier alpha value is -2.29. The van der Waals surface area contributed by atoms with E-state index in [-0.39, 0.29) is 12.3 Å². The number of amides is 1. The molecular weight excluding hydrogens is 280 g/mol. The number of nitrogens with one attached hydrogen (secondary N) is 1. The minimum atomic E-state index is -2.85. The fraction of sp³-hybridized carbons (Fsp3) is 0.400. The molecule has 0 saturated heterocycles. The Labute approximate surface area is 122 Å². The van der Waals surface area contributed by atoms with E-state index in [0.29, 0.717) is 5.56 Å². The molecule has 21 heavy (non-hydrogen) atoms. The average Bonchev–Trinajstić information content (AvgIpc) is 2.34. The standard InChI is InChI=1S/C15H17F2NO3/c1-15(2,3)21-14(19)18-10-4-5-11-6-8-12(9-7-11)20-13(16)17/h6-9,13H,10H2,1-3H3,(H,18,19). The molecule has 0 bridgehead atoms. The van der Waals surface area contributed by atoms with E-state index in [1.807, 2.05) is 0 Å². The number of ether oxygens (including phenoxy) is 2. The van der Waals surface area contributed by atoms with Gasteiger partial charge in [0, 0.05) is 5.56 Å². The minimum Gasteiger partial charge on any atom is -0.444 e. The van der Waals surface area contributed by atoms with Crippen LogP contribution in [0.15, 0.2) is 24.3 Å². The largest absolute Gasteiger partial charge is 0.444 e. The minimum absolute atomic E-state index is 0.0717. The number of rotatable bonds is 3. The molecule has 0 aromatic heterocycles. The number of carbonyl (C=O) groups excluding carboxylic acids is 1. The van der Waals surface area contributed by atoms with Crippen LogP contribution in [0, 0.1) is 11.8 Å². The molecule has 1 aromatic rings. The molecular formula is C15H17F2NO3. The topological polar surface area (TPSA) is 47.6 Å². The molecule has 0 atom stereocenters. The van der Waals surface area contributed by atoms with Crippen LogP contribution < -0.4 is 10.1 Å². The van der Waals surface area contributed by atoms with Gasteiger partial charge in [-0.25, -0.2) is 4.79 Å². The fourth-order valence-electron chi connectivity index (χ4n) is 1.30. The van der Waals surface area contributed by atoms with E-state index in [0.717, 1.165) is 0 Å². The lowest BCUT2D eigenvalue weighted by atomic mass is 10.2. The van der Waals surface area contributed by atoms with Crippen molar-refractivity contribution in [3.05, 3.63) is 29.8 Å². The molecule has 0 unspecified atom stereocenters. The lowest BCUT2D eigenvalue weighted by molar-refractivity contribution is -0.0498. The molecule has 0 aliphatic heterocycles. The van der Waals surface area contributed by atoms with Crippen molar-refractivity contribution in [1.29, 1.82) is 0 Å². The van der Waals surface area contributed by atoms with Gasteiger partial charge in [0.15, 0.2) is 0 Å². The molecule has 0 fully saturated rings. The lowest BCUT2D eigenvalue weighted by Gasteiger charge is -2.18. The zero-order valence-corrected chi connectivity index (χ0v) is 12.1. The molecule has 1 amide bonds. The summed E-state index contributed by atoms with van der Waals surface area (Å²) in [4.78, 5) is 11.3. The predicted octanol–water partition coefficient (Wildman–Crippen LogP) is 3.16. The van der Waals surface area contributed by atoms with Crippen molar-refractivity contribution in [2.45, 2.75) is 33.0 Å². The number of benzene rings is 1. The van der Waals surface area contributed by atoms with Crippen LogP contribution in [0.5, 0.6) is 5.75 Å². The Morgan fingerprint density at radius 3 is 2.43 bits per heavy atom. The van der Waals surface area contributed by atoms with E-state index in [1.54, 1.807) is 32.9 Å². The number of hydrogen-bond donors (Lipinski definition) is 1. The molecule has 0 radical (unpaired) electrons. The van der Waals surface area contributed by atoms with Crippen LogP contribution >= 0.6 is 0 Å². The van der Waals surface area contributed by atoms with Gasteiger partial charge in [-0.05, 0) is 45.0 Å². The Morgan fingerprint density at radius 2 is 1.90 bits per heavy atom. The van der Waals surface area contributed by atoms with Gasteiger partial charge in [-0.3, -0.25) is 0 Å². The highest BCUT2D eigenvalue weighted by molar-refractivity contribution is 5.68. The maximum absolute atomic E-state index is 12.0. The second-order valence-corrected chi connectivity index (χ2v) is 5.06. The number of carbonyl (C=O) groups is 1. The smallest absolute Gasteiger partial charge is 0.408 e. The zero-order valence-electron chi connectivity index (χ0n) is 12.1. The molecule has 1 N–H and O–H groups in total. The zero-order chi connectivity index (χ0) is 15.9. The summed E-state index contributed by atoms with van der Waals surface area (Å²) >= 11 is 0. The molecule has 0 spiro atoms. The van der Waals surface area contributed by atoms with Gasteiger partial charge in [-0.1, -0.05) is 11.8 Å². The second-order valence-electron chi connectivity index (χ2n) is 5.06. The first-order chi connectivity index (χ1) is 9.76. The Kier molecular flexibility index (Phi) is 5.97. The number of alkyl halides is 2. The molecule has 1 rings (SSSR count). The first-order valence-corrected chi connectivity index (χ1v) is 6.27. The molecule has 1 aromatic carbocycles. The van der Waals surface area contributed by atoms with Crippen LogP contribution in [-0.4, -0.2) is 24.9 Å². The first-order valence-electron chi connectivity index (χ1n) is 6.27. The normalized spacial score (nSPS) is 10.6. The first kappa shape index (κ1) is 16.8. The van der Waals surface area contributed by atoms with Gasteiger partial charge >= 0.3 is 12.7 Å². The van der Waals surface area contributed by atoms with E-state index in [2.05, 4.69) is 21.9 Å². The highest BCUT2D eigenvalue weighted by Crippen LogP contribution is 2.14. The van der Waals surface area contributed by atoms with E-state index in [9.17, 15) is 13.6 Å². The summed E-state index contributed by atoms with van der Waals surface area (Å²) < 4.78 is 33.2. The van der Waals surface area contributed by atoms with Crippen molar-refractivity contribution in [2.24, 2.45) is 0 Å². The van der Waals surface area contributed by atoms with E-state index in [4.69, 9.17) is 4.74 Å². The van der Waals surface area contributed by atoms with Crippen molar-refractivity contribution >= 4 is 6.09 Å². The molecule has 0 aliphatic carbocycles. The van der Waals surface area contributed by atoms with Crippen molar-refractivity contribution < 1.29 is 23.0 Å². The molecule has 0 aliphatic rings. The van der Waals surface area contributed by atoms with Crippen LogP contribution in [0.1, 0.15) is 26.3 Å². The highest BCUT2D eigenvalue weighted by Gasteiger charge is 2.14. The third kappa shape index (κ3) is 7.78. The SMILES string of the molecule is CC(C)(C)OC(=O)NCC#Cc1ccc(OC(F)F)cc1. The van der Waals surface area contributed by atoms with Gasteiger partial charge in [0.1, 0.15) is 11.4 Å². The summed E-state index contributed by atoms with van der Waals surface area (Å²) in [7, 11) is 0. The summed E-state index contributed by atoms with van der Waals surface area (Å²) in [5.74, 6) is 5.58. The molecule has 6 heteroatoms. The Morgan fingerprint density at radius 1 is 1.29 bits per heavy atom. The number of alkyl carbamates (subject to hydrolysis) is 1. The second kappa shape index (κ2) is 7.48. The monoisotopic (exact) mass is 297 g/mol. The van der Waals surface area contributed by atoms with Crippen LogP contribution in [0.4, 0.5) is 13.6 Å². The summed E-state index contributed by atoms with van der Waals surface area (Å²) in [6.07, 6.45) is -0.544. The van der Waals surface area contributed by atoms with Gasteiger partial charge in [0.05, 0.1) is 6.54 Å². The predicted molar refractivity (Wildman–Crippen MR) is 74.2 cm³/mol. The van der Waals surface area contributed by atoms with Gasteiger partial charge in [0.25, 0.3) is 0 Å². The van der Waals surface area contributed by atoms with Crippen LogP contribution in [0.3, 0.4) is 0 Å². The number of hydrogen-bond acceptors (Lipinski definition) is 3. The maximum Gasteiger partial charge on any atom is 0.408 e. The summed E-state index contributed by atoms with van der Waals surface area (Å²) in [6, 6.07) is 5.91. The highest BCUT2D eigenvalue weighted by atomic mass is 19.3. The van der Waals surface area contributed by atoms with Crippen molar-refractivity contribution in [2.75, 3.05) is 6.54 Å². The third-order valence-electron chi connectivity index (χ3n) is 2.03. The molecule has 4 nitrogen and oxygen atoms in total. The van der Waals surface area contributed by atoms with Crippen LogP contribution in [0.2, 0.25) is 0 Å².